The lowest BCUT2D eigenvalue weighted by Crippen LogP contribution is -1.91. The van der Waals surface area contributed by atoms with Crippen molar-refractivity contribution >= 4 is 5.97 Å². The first-order chi connectivity index (χ1) is 6.24. The molecule has 1 aromatic rings. The van der Waals surface area contributed by atoms with Crippen LogP contribution in [-0.2, 0) is 6.42 Å². The Kier molecular flexibility index (Phi) is 3.31. The van der Waals surface area contributed by atoms with Crippen LogP contribution in [0.2, 0.25) is 0 Å². The normalized spacial score (nSPS) is 9.85. The zero-order chi connectivity index (χ0) is 9.68. The molecular weight excluding hydrogens is 168 g/mol. The van der Waals surface area contributed by atoms with E-state index in [-0.39, 0.29) is 5.76 Å². The van der Waals surface area contributed by atoms with Crippen molar-refractivity contribution in [2.24, 2.45) is 0 Å². The molecule has 0 radical (unpaired) electrons. The van der Waals surface area contributed by atoms with Gasteiger partial charge < -0.3 is 9.52 Å². The Balaban J connectivity index is 2.49. The van der Waals surface area contributed by atoms with Crippen molar-refractivity contribution in [3.8, 4) is 0 Å². The van der Waals surface area contributed by atoms with Crippen LogP contribution >= 0.6 is 0 Å². The van der Waals surface area contributed by atoms with Crippen molar-refractivity contribution in [1.29, 1.82) is 0 Å². The van der Waals surface area contributed by atoms with Gasteiger partial charge in [0.25, 0.3) is 0 Å². The number of hydrogen-bond acceptors (Lipinski definition) is 2. The molecule has 13 heavy (non-hydrogen) atoms. The predicted molar refractivity (Wildman–Crippen MR) is 48.8 cm³/mol. The van der Waals surface area contributed by atoms with Crippen molar-refractivity contribution in [3.63, 3.8) is 0 Å². The molecule has 0 atom stereocenters. The molecule has 0 aliphatic rings. The van der Waals surface area contributed by atoms with Crippen LogP contribution < -0.4 is 0 Å². The average molecular weight is 180 g/mol. The smallest absolute Gasteiger partial charge is 0.371 e. The first kappa shape index (κ1) is 9.58. The van der Waals surface area contributed by atoms with Gasteiger partial charge in [-0.3, -0.25) is 0 Å². The van der Waals surface area contributed by atoms with E-state index in [2.05, 4.69) is 6.58 Å². The van der Waals surface area contributed by atoms with E-state index >= 15 is 0 Å². The number of furan rings is 1. The molecule has 0 saturated heterocycles. The van der Waals surface area contributed by atoms with Gasteiger partial charge in [-0.1, -0.05) is 6.08 Å². The summed E-state index contributed by atoms with van der Waals surface area (Å²) in [6, 6.07) is 3.18. The molecule has 0 aliphatic heterocycles. The third kappa shape index (κ3) is 2.78. The summed E-state index contributed by atoms with van der Waals surface area (Å²) in [5, 5.41) is 8.56. The lowest BCUT2D eigenvalue weighted by atomic mass is 10.2. The molecule has 0 amide bonds. The van der Waals surface area contributed by atoms with Gasteiger partial charge in [-0.15, -0.1) is 6.58 Å². The van der Waals surface area contributed by atoms with E-state index in [1.54, 1.807) is 6.07 Å². The Morgan fingerprint density at radius 2 is 2.38 bits per heavy atom. The van der Waals surface area contributed by atoms with Crippen LogP contribution in [-0.4, -0.2) is 11.1 Å². The minimum absolute atomic E-state index is 0.00797. The van der Waals surface area contributed by atoms with E-state index in [9.17, 15) is 4.79 Å². The highest BCUT2D eigenvalue weighted by molar-refractivity contribution is 5.84. The first-order valence-corrected chi connectivity index (χ1v) is 4.17. The van der Waals surface area contributed by atoms with E-state index < -0.39 is 5.97 Å². The summed E-state index contributed by atoms with van der Waals surface area (Å²) in [5.41, 5.74) is 0. The topological polar surface area (TPSA) is 50.4 Å². The quantitative estimate of drug-likeness (QED) is 0.559. The summed E-state index contributed by atoms with van der Waals surface area (Å²) >= 11 is 0. The Labute approximate surface area is 76.7 Å². The lowest BCUT2D eigenvalue weighted by molar-refractivity contribution is 0.0660. The molecule has 0 spiro atoms. The number of carboxylic acid groups (broad SMARTS) is 1. The third-order valence-corrected chi connectivity index (χ3v) is 1.70. The third-order valence-electron chi connectivity index (χ3n) is 1.70. The highest BCUT2D eigenvalue weighted by Gasteiger charge is 2.07. The van der Waals surface area contributed by atoms with Crippen LogP contribution in [0.25, 0.3) is 0 Å². The zero-order valence-corrected chi connectivity index (χ0v) is 7.32. The predicted octanol–water partition coefficient (Wildman–Crippen LogP) is 2.49. The van der Waals surface area contributed by atoms with Gasteiger partial charge in [-0.25, -0.2) is 4.79 Å². The standard InChI is InChI=1S/C10H12O3/c1-2-3-4-5-8-6-7-9(13-8)10(11)12/h2,6-7H,1,3-5H2,(H,11,12). The monoisotopic (exact) mass is 180 g/mol. The van der Waals surface area contributed by atoms with Crippen LogP contribution in [0.3, 0.4) is 0 Å². The summed E-state index contributed by atoms with van der Waals surface area (Å²) in [4.78, 5) is 10.4. The van der Waals surface area contributed by atoms with Gasteiger partial charge in [0, 0.05) is 6.42 Å². The molecule has 0 aromatic carbocycles. The molecule has 0 fully saturated rings. The van der Waals surface area contributed by atoms with Crippen LogP contribution in [0.5, 0.6) is 0 Å². The van der Waals surface area contributed by atoms with Gasteiger partial charge in [-0.2, -0.15) is 0 Å². The van der Waals surface area contributed by atoms with Crippen molar-refractivity contribution < 1.29 is 14.3 Å². The van der Waals surface area contributed by atoms with E-state index in [0.29, 0.717) is 0 Å². The van der Waals surface area contributed by atoms with E-state index in [1.807, 2.05) is 6.08 Å². The molecule has 3 nitrogen and oxygen atoms in total. The molecule has 0 saturated carbocycles. The molecule has 70 valence electrons. The van der Waals surface area contributed by atoms with Crippen LogP contribution in [0.15, 0.2) is 29.2 Å². The van der Waals surface area contributed by atoms with Gasteiger partial charge in [0.1, 0.15) is 5.76 Å². The maximum absolute atomic E-state index is 10.4. The summed E-state index contributed by atoms with van der Waals surface area (Å²) in [6.45, 7) is 3.60. The Hall–Kier alpha value is -1.51. The molecule has 1 heterocycles. The average Bonchev–Trinajstić information content (AvgIpc) is 2.53. The van der Waals surface area contributed by atoms with E-state index in [1.165, 1.54) is 6.07 Å². The lowest BCUT2D eigenvalue weighted by Gasteiger charge is -1.92. The number of rotatable bonds is 5. The molecular formula is C10H12O3. The van der Waals surface area contributed by atoms with Gasteiger partial charge in [0.15, 0.2) is 0 Å². The Morgan fingerprint density at radius 3 is 2.92 bits per heavy atom. The summed E-state index contributed by atoms with van der Waals surface area (Å²) in [7, 11) is 0. The van der Waals surface area contributed by atoms with Crippen LogP contribution in [0.4, 0.5) is 0 Å². The maximum atomic E-state index is 10.4. The molecule has 1 N–H and O–H groups in total. The highest BCUT2D eigenvalue weighted by Crippen LogP contribution is 2.10. The molecule has 3 heteroatoms. The van der Waals surface area contributed by atoms with E-state index in [0.717, 1.165) is 25.0 Å². The summed E-state index contributed by atoms with van der Waals surface area (Å²) < 4.78 is 5.06. The fourth-order valence-corrected chi connectivity index (χ4v) is 1.05. The van der Waals surface area contributed by atoms with Gasteiger partial charge >= 0.3 is 5.97 Å². The van der Waals surface area contributed by atoms with Crippen molar-refractivity contribution in [2.75, 3.05) is 0 Å². The number of carbonyl (C=O) groups is 1. The second-order valence-corrected chi connectivity index (χ2v) is 2.75. The maximum Gasteiger partial charge on any atom is 0.371 e. The van der Waals surface area contributed by atoms with Gasteiger partial charge in [0.2, 0.25) is 5.76 Å². The summed E-state index contributed by atoms with van der Waals surface area (Å²) in [5.74, 6) is -0.289. The number of carboxylic acids is 1. The van der Waals surface area contributed by atoms with Crippen molar-refractivity contribution in [2.45, 2.75) is 19.3 Å². The van der Waals surface area contributed by atoms with Gasteiger partial charge in [-0.05, 0) is 25.0 Å². The van der Waals surface area contributed by atoms with E-state index in [4.69, 9.17) is 9.52 Å². The number of unbranched alkanes of at least 4 members (excludes halogenated alkanes) is 1. The zero-order valence-electron chi connectivity index (χ0n) is 7.32. The molecule has 0 unspecified atom stereocenters. The van der Waals surface area contributed by atoms with Crippen LogP contribution in [0, 0.1) is 0 Å². The number of aromatic carboxylic acids is 1. The number of aryl methyl sites for hydroxylation is 1. The Morgan fingerprint density at radius 1 is 1.62 bits per heavy atom. The summed E-state index contributed by atoms with van der Waals surface area (Å²) in [6.07, 6.45) is 4.46. The first-order valence-electron chi connectivity index (χ1n) is 4.17. The minimum Gasteiger partial charge on any atom is -0.475 e. The largest absolute Gasteiger partial charge is 0.475 e. The minimum atomic E-state index is -1.02. The highest BCUT2D eigenvalue weighted by atomic mass is 16.4. The fourth-order valence-electron chi connectivity index (χ4n) is 1.05. The molecule has 1 rings (SSSR count). The van der Waals surface area contributed by atoms with Crippen molar-refractivity contribution in [3.05, 3.63) is 36.3 Å². The molecule has 0 bridgehead atoms. The van der Waals surface area contributed by atoms with Gasteiger partial charge in [0.05, 0.1) is 0 Å². The number of allylic oxidation sites excluding steroid dienone is 1. The fraction of sp³-hybridized carbons (Fsp3) is 0.300. The van der Waals surface area contributed by atoms with Crippen molar-refractivity contribution in [1.82, 2.24) is 0 Å². The molecule has 1 aromatic heterocycles. The Bertz CT molecular complexity index is 299. The number of hydrogen-bond donors (Lipinski definition) is 1. The molecule has 0 aliphatic carbocycles. The second-order valence-electron chi connectivity index (χ2n) is 2.75. The second kappa shape index (κ2) is 4.50. The van der Waals surface area contributed by atoms with Crippen LogP contribution in [0.1, 0.15) is 29.2 Å². The SMILES string of the molecule is C=CCCCc1ccc(C(=O)O)o1.